The summed E-state index contributed by atoms with van der Waals surface area (Å²) in [5.41, 5.74) is 1.11. The van der Waals surface area contributed by atoms with Crippen LogP contribution in [0.3, 0.4) is 0 Å². The van der Waals surface area contributed by atoms with Crippen molar-refractivity contribution in [2.45, 2.75) is 25.9 Å². The van der Waals surface area contributed by atoms with Gasteiger partial charge in [0.2, 0.25) is 5.89 Å². The van der Waals surface area contributed by atoms with E-state index < -0.39 is 9.84 Å². The van der Waals surface area contributed by atoms with Gasteiger partial charge >= 0.3 is 0 Å². The predicted molar refractivity (Wildman–Crippen MR) is 79.6 cm³/mol. The number of sulfone groups is 1. The van der Waals surface area contributed by atoms with Crippen LogP contribution in [0.15, 0.2) is 34.9 Å². The molecule has 114 valence electrons. The first-order valence-electron chi connectivity index (χ1n) is 6.69. The Bertz CT molecular complexity index is 668. The van der Waals surface area contributed by atoms with E-state index in [1.807, 2.05) is 37.3 Å². The molecular formula is C14H19N3O3S. The number of benzene rings is 1. The third-order valence-electron chi connectivity index (χ3n) is 2.87. The minimum atomic E-state index is -2.99. The van der Waals surface area contributed by atoms with Crippen molar-refractivity contribution in [3.05, 3.63) is 47.6 Å². The molecule has 0 aliphatic carbocycles. The molecule has 0 aliphatic heterocycles. The molecule has 0 spiro atoms. The summed E-state index contributed by atoms with van der Waals surface area (Å²) in [5.74, 6) is 1.16. The number of hydrogen-bond acceptors (Lipinski definition) is 6. The molecule has 1 aromatic heterocycles. The van der Waals surface area contributed by atoms with Crippen molar-refractivity contribution >= 4 is 9.84 Å². The molecule has 1 heterocycles. The molecular weight excluding hydrogens is 290 g/mol. The Labute approximate surface area is 124 Å². The van der Waals surface area contributed by atoms with Gasteiger partial charge in [0.1, 0.15) is 9.84 Å². The highest BCUT2D eigenvalue weighted by atomic mass is 32.2. The highest BCUT2D eigenvalue weighted by Gasteiger charge is 2.12. The molecule has 2 rings (SSSR count). The molecule has 0 saturated heterocycles. The van der Waals surface area contributed by atoms with E-state index in [9.17, 15) is 8.42 Å². The third-order valence-corrected chi connectivity index (χ3v) is 3.98. The Hall–Kier alpha value is -1.73. The van der Waals surface area contributed by atoms with Crippen LogP contribution in [0, 0.1) is 0 Å². The minimum Gasteiger partial charge on any atom is -0.338 e. The van der Waals surface area contributed by atoms with Crippen LogP contribution in [0.2, 0.25) is 0 Å². The van der Waals surface area contributed by atoms with Crippen LogP contribution in [0.25, 0.3) is 0 Å². The second kappa shape index (κ2) is 6.82. The van der Waals surface area contributed by atoms with Gasteiger partial charge in [0.05, 0.1) is 12.3 Å². The summed E-state index contributed by atoms with van der Waals surface area (Å²) < 4.78 is 27.5. The molecule has 0 fully saturated rings. The molecule has 1 unspecified atom stereocenters. The normalized spacial score (nSPS) is 13.2. The second-order valence-corrected chi connectivity index (χ2v) is 7.33. The van der Waals surface area contributed by atoms with Crippen molar-refractivity contribution in [3.8, 4) is 0 Å². The maximum absolute atomic E-state index is 11.2. The second-order valence-electron chi connectivity index (χ2n) is 5.14. The van der Waals surface area contributed by atoms with E-state index in [1.165, 1.54) is 6.26 Å². The predicted octanol–water partition coefficient (Wildman–Crippen LogP) is 1.18. The molecule has 7 heteroatoms. The first-order chi connectivity index (χ1) is 9.92. The molecule has 0 radical (unpaired) electrons. The summed E-state index contributed by atoms with van der Waals surface area (Å²) in [4.78, 5) is 4.28. The van der Waals surface area contributed by atoms with Gasteiger partial charge in [-0.15, -0.1) is 0 Å². The SMILES string of the molecule is CC(CS(C)(=O)=O)NCc1nc(Cc2ccccc2)no1. The van der Waals surface area contributed by atoms with Crippen LogP contribution >= 0.6 is 0 Å². The lowest BCUT2D eigenvalue weighted by Crippen LogP contribution is -2.32. The van der Waals surface area contributed by atoms with E-state index in [-0.39, 0.29) is 11.8 Å². The van der Waals surface area contributed by atoms with E-state index in [0.29, 0.717) is 24.7 Å². The van der Waals surface area contributed by atoms with Crippen LogP contribution in [-0.2, 0) is 22.8 Å². The fourth-order valence-corrected chi connectivity index (χ4v) is 3.01. The van der Waals surface area contributed by atoms with Gasteiger partial charge in [-0.05, 0) is 12.5 Å². The Morgan fingerprint density at radius 3 is 2.67 bits per heavy atom. The zero-order valence-corrected chi connectivity index (χ0v) is 12.9. The molecule has 6 nitrogen and oxygen atoms in total. The fourth-order valence-electron chi connectivity index (χ4n) is 1.99. The zero-order chi connectivity index (χ0) is 15.3. The van der Waals surface area contributed by atoms with E-state index in [2.05, 4.69) is 15.5 Å². The molecule has 0 amide bonds. The summed E-state index contributed by atoms with van der Waals surface area (Å²) in [6.07, 6.45) is 1.83. The van der Waals surface area contributed by atoms with Crippen LogP contribution in [0.1, 0.15) is 24.2 Å². The van der Waals surface area contributed by atoms with Gasteiger partial charge in [-0.25, -0.2) is 8.42 Å². The average Bonchev–Trinajstić information content (AvgIpc) is 2.83. The fraction of sp³-hybridized carbons (Fsp3) is 0.429. The summed E-state index contributed by atoms with van der Waals surface area (Å²) >= 11 is 0. The largest absolute Gasteiger partial charge is 0.338 e. The van der Waals surface area contributed by atoms with Crippen molar-refractivity contribution in [1.29, 1.82) is 0 Å². The summed E-state index contributed by atoms with van der Waals surface area (Å²) in [7, 11) is -2.99. The Balaban J connectivity index is 1.86. The van der Waals surface area contributed by atoms with Gasteiger partial charge in [-0.1, -0.05) is 35.5 Å². The Morgan fingerprint density at radius 2 is 2.00 bits per heavy atom. The number of rotatable bonds is 7. The van der Waals surface area contributed by atoms with Gasteiger partial charge in [0, 0.05) is 18.7 Å². The summed E-state index contributed by atoms with van der Waals surface area (Å²) in [6, 6.07) is 9.73. The van der Waals surface area contributed by atoms with Crippen molar-refractivity contribution in [2.24, 2.45) is 0 Å². The number of nitrogens with zero attached hydrogens (tertiary/aromatic N) is 2. The summed E-state index contributed by atoms with van der Waals surface area (Å²) in [6.45, 7) is 2.17. The molecule has 21 heavy (non-hydrogen) atoms. The topological polar surface area (TPSA) is 85.1 Å². The first-order valence-corrected chi connectivity index (χ1v) is 8.75. The number of hydrogen-bond donors (Lipinski definition) is 1. The maximum atomic E-state index is 11.2. The third kappa shape index (κ3) is 5.65. The monoisotopic (exact) mass is 309 g/mol. The van der Waals surface area contributed by atoms with Crippen molar-refractivity contribution in [1.82, 2.24) is 15.5 Å². The van der Waals surface area contributed by atoms with Crippen LogP contribution in [0.4, 0.5) is 0 Å². The molecule has 0 saturated carbocycles. The standard InChI is InChI=1S/C14H19N3O3S/c1-11(10-21(2,18)19)15-9-14-16-13(17-20-14)8-12-6-4-3-5-7-12/h3-7,11,15H,8-10H2,1-2H3. The number of nitrogens with one attached hydrogen (secondary N) is 1. The van der Waals surface area contributed by atoms with Gasteiger partial charge in [0.25, 0.3) is 0 Å². The smallest absolute Gasteiger partial charge is 0.240 e. The zero-order valence-electron chi connectivity index (χ0n) is 12.1. The number of aromatic nitrogens is 2. The van der Waals surface area contributed by atoms with E-state index in [4.69, 9.17) is 4.52 Å². The van der Waals surface area contributed by atoms with Crippen LogP contribution < -0.4 is 5.32 Å². The van der Waals surface area contributed by atoms with E-state index in [1.54, 1.807) is 0 Å². The minimum absolute atomic E-state index is 0.0814. The quantitative estimate of drug-likeness (QED) is 0.827. The van der Waals surface area contributed by atoms with Gasteiger partial charge in [-0.2, -0.15) is 4.98 Å². The van der Waals surface area contributed by atoms with Crippen molar-refractivity contribution < 1.29 is 12.9 Å². The molecule has 1 atom stereocenters. The lowest BCUT2D eigenvalue weighted by atomic mass is 10.1. The van der Waals surface area contributed by atoms with Crippen LogP contribution in [0.5, 0.6) is 0 Å². The van der Waals surface area contributed by atoms with Crippen molar-refractivity contribution in [2.75, 3.05) is 12.0 Å². The van der Waals surface area contributed by atoms with Gasteiger partial charge in [0.15, 0.2) is 5.82 Å². The van der Waals surface area contributed by atoms with E-state index >= 15 is 0 Å². The average molecular weight is 309 g/mol. The first kappa shape index (κ1) is 15.7. The van der Waals surface area contributed by atoms with E-state index in [0.717, 1.165) is 5.56 Å². The molecule has 0 bridgehead atoms. The van der Waals surface area contributed by atoms with Crippen molar-refractivity contribution in [3.63, 3.8) is 0 Å². The molecule has 0 aliphatic rings. The van der Waals surface area contributed by atoms with Gasteiger partial charge in [-0.3, -0.25) is 0 Å². The molecule has 1 aromatic carbocycles. The molecule has 1 N–H and O–H groups in total. The maximum Gasteiger partial charge on any atom is 0.240 e. The Kier molecular flexibility index (Phi) is 5.08. The molecule has 2 aromatic rings. The lowest BCUT2D eigenvalue weighted by molar-refractivity contribution is 0.358. The van der Waals surface area contributed by atoms with Crippen LogP contribution in [-0.4, -0.2) is 36.6 Å². The summed E-state index contributed by atoms with van der Waals surface area (Å²) in [5, 5.41) is 6.98. The highest BCUT2D eigenvalue weighted by Crippen LogP contribution is 2.06. The Morgan fingerprint density at radius 1 is 1.29 bits per heavy atom. The van der Waals surface area contributed by atoms with Gasteiger partial charge < -0.3 is 9.84 Å². The lowest BCUT2D eigenvalue weighted by Gasteiger charge is -2.10. The highest BCUT2D eigenvalue weighted by molar-refractivity contribution is 7.90.